The molecule has 0 aliphatic heterocycles. The number of hydrogen-bond acceptors (Lipinski definition) is 6. The lowest BCUT2D eigenvalue weighted by Gasteiger charge is -2.27. The topological polar surface area (TPSA) is 127 Å². The second kappa shape index (κ2) is 9.36. The molecule has 0 aliphatic rings. The van der Waals surface area contributed by atoms with E-state index >= 15 is 4.39 Å². The predicted octanol–water partition coefficient (Wildman–Crippen LogP) is 2.90. The maximum absolute atomic E-state index is 15.1. The number of nitrogens with one attached hydrogen (secondary N) is 2. The van der Waals surface area contributed by atoms with E-state index in [0.29, 0.717) is 4.31 Å². The summed E-state index contributed by atoms with van der Waals surface area (Å²) in [6, 6.07) is 7.21. The van der Waals surface area contributed by atoms with Gasteiger partial charge < -0.3 is 15.2 Å². The standard InChI is InChI=1S/C19H15F2N5O4S/c1-11(27)24-16-7-4-12(9-23-16)25-19(28)17-14(20)5-6-15(18(17)21)26(31(29)30)13-3-2-8-22-10-13/h2-10H,1H3,(H,25,28)(H,29,30)(H,23,24,27)/p-1. The van der Waals surface area contributed by atoms with E-state index in [2.05, 4.69) is 20.6 Å². The van der Waals surface area contributed by atoms with E-state index in [-0.39, 0.29) is 23.1 Å². The van der Waals surface area contributed by atoms with Crippen molar-refractivity contribution in [3.63, 3.8) is 0 Å². The summed E-state index contributed by atoms with van der Waals surface area (Å²) in [4.78, 5) is 31.2. The number of aromatic nitrogens is 2. The molecule has 1 unspecified atom stereocenters. The molecule has 0 bridgehead atoms. The Bertz CT molecular complexity index is 1150. The minimum absolute atomic E-state index is 0.00883. The Morgan fingerprint density at radius 3 is 2.45 bits per heavy atom. The van der Waals surface area contributed by atoms with Crippen LogP contribution in [-0.2, 0) is 16.1 Å². The van der Waals surface area contributed by atoms with Gasteiger partial charge in [0.15, 0.2) is 5.82 Å². The molecule has 31 heavy (non-hydrogen) atoms. The fourth-order valence-corrected chi connectivity index (χ4v) is 3.18. The highest BCUT2D eigenvalue weighted by atomic mass is 32.2. The smallest absolute Gasteiger partial charge is 0.261 e. The molecule has 2 amide bonds. The average molecular weight is 446 g/mol. The predicted molar refractivity (Wildman–Crippen MR) is 108 cm³/mol. The number of pyridine rings is 2. The first-order valence-corrected chi connectivity index (χ1v) is 9.63. The molecule has 0 fully saturated rings. The van der Waals surface area contributed by atoms with Gasteiger partial charge >= 0.3 is 0 Å². The SMILES string of the molecule is CC(=O)Nc1ccc(NC(=O)c2c(F)ccc(N(c3cccnc3)S(=O)[O-])c2F)cn1. The van der Waals surface area contributed by atoms with Gasteiger partial charge in [-0.3, -0.25) is 23.1 Å². The first-order valence-electron chi connectivity index (χ1n) is 8.60. The first-order chi connectivity index (χ1) is 14.8. The van der Waals surface area contributed by atoms with Crippen molar-refractivity contribution in [2.45, 2.75) is 6.92 Å². The van der Waals surface area contributed by atoms with E-state index in [1.54, 1.807) is 0 Å². The van der Waals surface area contributed by atoms with E-state index in [4.69, 9.17) is 0 Å². The van der Waals surface area contributed by atoms with Crippen LogP contribution in [0.1, 0.15) is 17.3 Å². The molecule has 3 rings (SSSR count). The Balaban J connectivity index is 1.93. The number of nitrogens with zero attached hydrogens (tertiary/aromatic N) is 3. The van der Waals surface area contributed by atoms with Crippen LogP contribution in [0.15, 0.2) is 55.0 Å². The number of carbonyl (C=O) groups excluding carboxylic acids is 2. The van der Waals surface area contributed by atoms with Gasteiger partial charge in [0.05, 0.1) is 40.7 Å². The number of amides is 2. The molecule has 2 heterocycles. The highest BCUT2D eigenvalue weighted by Gasteiger charge is 2.25. The normalized spacial score (nSPS) is 11.5. The maximum Gasteiger partial charge on any atom is 0.261 e. The summed E-state index contributed by atoms with van der Waals surface area (Å²) in [6.07, 6.45) is 3.73. The molecule has 0 radical (unpaired) electrons. The van der Waals surface area contributed by atoms with E-state index in [1.165, 1.54) is 49.8 Å². The molecule has 0 saturated heterocycles. The van der Waals surface area contributed by atoms with E-state index in [1.807, 2.05) is 0 Å². The van der Waals surface area contributed by atoms with Crippen LogP contribution in [0.25, 0.3) is 0 Å². The fraction of sp³-hybridized carbons (Fsp3) is 0.0526. The van der Waals surface area contributed by atoms with Crippen LogP contribution in [0.3, 0.4) is 0 Å². The largest absolute Gasteiger partial charge is 0.755 e. The van der Waals surface area contributed by atoms with Crippen LogP contribution in [0.5, 0.6) is 0 Å². The van der Waals surface area contributed by atoms with Gasteiger partial charge in [0.25, 0.3) is 5.91 Å². The average Bonchev–Trinajstić information content (AvgIpc) is 2.71. The van der Waals surface area contributed by atoms with E-state index in [0.717, 1.165) is 12.1 Å². The second-order valence-corrected chi connectivity index (χ2v) is 6.85. The van der Waals surface area contributed by atoms with E-state index in [9.17, 15) is 22.7 Å². The summed E-state index contributed by atoms with van der Waals surface area (Å²) in [7, 11) is 0. The Labute approximate surface area is 177 Å². The van der Waals surface area contributed by atoms with Crippen molar-refractivity contribution in [3.8, 4) is 0 Å². The van der Waals surface area contributed by atoms with Crippen LogP contribution in [0.4, 0.5) is 31.7 Å². The van der Waals surface area contributed by atoms with Crippen LogP contribution in [0, 0.1) is 11.6 Å². The van der Waals surface area contributed by atoms with Crippen molar-refractivity contribution in [2.24, 2.45) is 0 Å². The number of carbonyl (C=O) groups is 2. The number of benzene rings is 1. The number of halogens is 2. The van der Waals surface area contributed by atoms with E-state index < -0.39 is 40.1 Å². The molecule has 0 saturated carbocycles. The minimum atomic E-state index is -2.98. The zero-order valence-electron chi connectivity index (χ0n) is 15.8. The summed E-state index contributed by atoms with van der Waals surface area (Å²) < 4.78 is 53.4. The molecule has 3 aromatic rings. The minimum Gasteiger partial charge on any atom is -0.755 e. The summed E-state index contributed by atoms with van der Waals surface area (Å²) in [5.74, 6) is -3.86. The summed E-state index contributed by atoms with van der Waals surface area (Å²) >= 11 is -2.98. The lowest BCUT2D eigenvalue weighted by atomic mass is 10.1. The van der Waals surface area contributed by atoms with Crippen molar-refractivity contribution in [1.82, 2.24) is 9.97 Å². The first kappa shape index (κ1) is 21.9. The Hall–Kier alpha value is -3.77. The summed E-state index contributed by atoms with van der Waals surface area (Å²) in [5, 5.41) is 4.71. The summed E-state index contributed by atoms with van der Waals surface area (Å²) in [5.41, 5.74) is -1.46. The van der Waals surface area contributed by atoms with Gasteiger partial charge in [-0.1, -0.05) is 0 Å². The van der Waals surface area contributed by atoms with Gasteiger partial charge in [-0.15, -0.1) is 0 Å². The molecule has 0 spiro atoms. The molecule has 1 atom stereocenters. The second-order valence-electron chi connectivity index (χ2n) is 6.05. The zero-order valence-corrected chi connectivity index (χ0v) is 16.7. The highest BCUT2D eigenvalue weighted by Crippen LogP contribution is 2.31. The lowest BCUT2D eigenvalue weighted by molar-refractivity contribution is -0.114. The number of rotatable bonds is 6. The highest BCUT2D eigenvalue weighted by molar-refractivity contribution is 7.81. The third-order valence-electron chi connectivity index (χ3n) is 3.87. The zero-order chi connectivity index (χ0) is 22.5. The molecule has 2 N–H and O–H groups in total. The van der Waals surface area contributed by atoms with Gasteiger partial charge in [0.2, 0.25) is 5.91 Å². The molecule has 160 valence electrons. The quantitative estimate of drug-likeness (QED) is 0.561. The lowest BCUT2D eigenvalue weighted by Crippen LogP contribution is -2.23. The van der Waals surface area contributed by atoms with Crippen LogP contribution >= 0.6 is 0 Å². The summed E-state index contributed by atoms with van der Waals surface area (Å²) in [6.45, 7) is 1.29. The van der Waals surface area contributed by atoms with Crippen LogP contribution in [-0.4, -0.2) is 30.5 Å². The Kier molecular flexibility index (Phi) is 6.62. The van der Waals surface area contributed by atoms with Crippen molar-refractivity contribution in [1.29, 1.82) is 0 Å². The Morgan fingerprint density at radius 2 is 1.87 bits per heavy atom. The molecule has 9 nitrogen and oxygen atoms in total. The van der Waals surface area contributed by atoms with Crippen molar-refractivity contribution in [3.05, 3.63) is 72.2 Å². The third kappa shape index (κ3) is 5.05. The molecule has 1 aromatic carbocycles. The van der Waals surface area contributed by atoms with Crippen molar-refractivity contribution in [2.75, 3.05) is 14.9 Å². The van der Waals surface area contributed by atoms with Gasteiger partial charge in [0.1, 0.15) is 17.2 Å². The van der Waals surface area contributed by atoms with Crippen molar-refractivity contribution < 1.29 is 27.1 Å². The van der Waals surface area contributed by atoms with Crippen LogP contribution < -0.4 is 14.9 Å². The number of hydrogen-bond donors (Lipinski definition) is 2. The van der Waals surface area contributed by atoms with Crippen LogP contribution in [0.2, 0.25) is 0 Å². The third-order valence-corrected chi connectivity index (χ3v) is 4.58. The van der Waals surface area contributed by atoms with Gasteiger partial charge in [0, 0.05) is 13.1 Å². The maximum atomic E-state index is 15.1. The van der Waals surface area contributed by atoms with Gasteiger partial charge in [-0.2, -0.15) is 0 Å². The fourth-order valence-electron chi connectivity index (χ4n) is 2.60. The van der Waals surface area contributed by atoms with Gasteiger partial charge in [-0.25, -0.2) is 13.8 Å². The number of anilines is 4. The molecule has 0 aliphatic carbocycles. The molecule has 12 heteroatoms. The molecule has 2 aromatic heterocycles. The van der Waals surface area contributed by atoms with Crippen molar-refractivity contribution >= 4 is 46.0 Å². The van der Waals surface area contributed by atoms with Gasteiger partial charge in [-0.05, 0) is 36.4 Å². The monoisotopic (exact) mass is 446 g/mol. The Morgan fingerprint density at radius 1 is 1.10 bits per heavy atom. The molecular formula is C19H14F2N5O4S-. The molecular weight excluding hydrogens is 432 g/mol.